The number of aliphatic hydroxyl groups is 1. The van der Waals surface area contributed by atoms with Crippen molar-refractivity contribution in [3.63, 3.8) is 0 Å². The Hall–Kier alpha value is -6.80. The number of fused-ring (bicyclic) bond motifs is 2. The van der Waals surface area contributed by atoms with Crippen LogP contribution in [0.15, 0.2) is 72.5 Å². The van der Waals surface area contributed by atoms with Crippen LogP contribution in [0.3, 0.4) is 0 Å². The maximum atomic E-state index is 16.0. The molecule has 2 unspecified atom stereocenters. The molecule has 67 heavy (non-hydrogen) atoms. The summed E-state index contributed by atoms with van der Waals surface area (Å²) in [6, 6.07) is 13.2. The number of anilines is 4. The zero-order valence-electron chi connectivity index (χ0n) is 36.2. The number of alkyl halides is 1. The maximum absolute atomic E-state index is 16.0. The van der Waals surface area contributed by atoms with Crippen LogP contribution < -0.4 is 25.8 Å². The van der Waals surface area contributed by atoms with Gasteiger partial charge in [0, 0.05) is 91.9 Å². The Morgan fingerprint density at radius 1 is 0.925 bits per heavy atom. The van der Waals surface area contributed by atoms with Crippen molar-refractivity contribution in [1.29, 1.82) is 0 Å². The second-order valence-electron chi connectivity index (χ2n) is 17.8. The number of halogens is 3. The number of aromatic nitrogens is 3. The molecule has 0 saturated carbocycles. The quantitative estimate of drug-likeness (QED) is 0.134. The summed E-state index contributed by atoms with van der Waals surface area (Å²) in [4.78, 5) is 80.6. The van der Waals surface area contributed by atoms with Crippen molar-refractivity contribution < 1.29 is 42.3 Å². The van der Waals surface area contributed by atoms with E-state index >= 15 is 8.78 Å². The van der Waals surface area contributed by atoms with Gasteiger partial charge in [-0.3, -0.25) is 34.6 Å². The average Bonchev–Trinajstić information content (AvgIpc) is 4.12. The van der Waals surface area contributed by atoms with Gasteiger partial charge in [-0.15, -0.1) is 11.3 Å². The number of piperazine rings is 1. The fourth-order valence-electron chi connectivity index (χ4n) is 9.85. The molecule has 348 valence electrons. The molecule has 3 atom stereocenters. The number of rotatable bonds is 11. The zero-order chi connectivity index (χ0) is 46.6. The van der Waals surface area contributed by atoms with Crippen LogP contribution in [-0.4, -0.2) is 116 Å². The summed E-state index contributed by atoms with van der Waals surface area (Å²) in [5.74, 6) is -3.14. The smallest absolute Gasteiger partial charge is 0.255 e. The molecule has 16 nitrogen and oxygen atoms in total. The van der Waals surface area contributed by atoms with E-state index in [0.29, 0.717) is 79.0 Å². The van der Waals surface area contributed by atoms with Crippen LogP contribution in [-0.2, 0) is 38.7 Å². The number of hydrogen-bond donors (Lipinski definition) is 4. The lowest BCUT2D eigenvalue weighted by Gasteiger charge is -2.41. The molecular weight excluding hydrogens is 890 g/mol. The molecule has 5 aliphatic rings. The number of benzene rings is 3. The van der Waals surface area contributed by atoms with Crippen LogP contribution in [0, 0.1) is 11.6 Å². The number of thiazole rings is 1. The van der Waals surface area contributed by atoms with Crippen LogP contribution >= 0.6 is 11.3 Å². The van der Waals surface area contributed by atoms with Crippen LogP contribution in [0.5, 0.6) is 0 Å². The standard InChI is InChI=1S/C47H47F3N10O6S/c48-29-21-38-41(52-26-59(38)24-29)42(44(64)55-46-51-11-18-67-46)60-25-33-32(45(60)65)19-28(20-34(33)49)27-1-4-31(5-2-27)56-14-16-58(17-15-56)40(62)23-47(66)9-12-57(13-10-47)37-7-3-30(22-35(37)50)53-36-6-8-39(61)54-43(36)63/h1-5,7,11,18-20,22,26,29,36,42,53,66H,6,8-10,12-17,21,23-25H2,(H,51,55,64)(H,54,61,63)/t29-,36?,42?/m1/s1. The first-order chi connectivity index (χ1) is 32.3. The monoisotopic (exact) mass is 936 g/mol. The van der Waals surface area contributed by atoms with E-state index in [1.807, 2.05) is 29.2 Å². The van der Waals surface area contributed by atoms with Crippen LogP contribution in [0.2, 0.25) is 0 Å². The third-order valence-corrected chi connectivity index (χ3v) is 14.2. The minimum Gasteiger partial charge on any atom is -0.389 e. The largest absolute Gasteiger partial charge is 0.389 e. The normalized spacial score (nSPS) is 20.7. The number of imide groups is 1. The van der Waals surface area contributed by atoms with Gasteiger partial charge in [-0.1, -0.05) is 12.1 Å². The molecule has 5 aliphatic heterocycles. The van der Waals surface area contributed by atoms with E-state index in [1.165, 1.54) is 40.9 Å². The van der Waals surface area contributed by atoms with Crippen molar-refractivity contribution in [1.82, 2.24) is 29.7 Å². The number of carbonyl (C=O) groups is 5. The average molecular weight is 937 g/mol. The maximum Gasteiger partial charge on any atom is 0.255 e. The van der Waals surface area contributed by atoms with Crippen LogP contribution in [0.25, 0.3) is 11.1 Å². The molecule has 0 spiro atoms. The van der Waals surface area contributed by atoms with Gasteiger partial charge >= 0.3 is 0 Å². The Morgan fingerprint density at radius 2 is 1.70 bits per heavy atom. The fourth-order valence-corrected chi connectivity index (χ4v) is 10.4. The number of piperidine rings is 2. The van der Waals surface area contributed by atoms with Crippen LogP contribution in [0.4, 0.5) is 35.4 Å². The number of imidazole rings is 1. The highest BCUT2D eigenvalue weighted by Gasteiger charge is 2.43. The van der Waals surface area contributed by atoms with Gasteiger partial charge in [-0.05, 0) is 72.9 Å². The van der Waals surface area contributed by atoms with Crippen molar-refractivity contribution in [2.24, 2.45) is 0 Å². The molecule has 3 fully saturated rings. The predicted molar refractivity (Wildman–Crippen MR) is 242 cm³/mol. The fraction of sp³-hybridized carbons (Fsp3) is 0.383. The molecule has 10 rings (SSSR count). The molecule has 0 aliphatic carbocycles. The number of amides is 5. The molecule has 2 aromatic heterocycles. The highest BCUT2D eigenvalue weighted by molar-refractivity contribution is 7.13. The van der Waals surface area contributed by atoms with E-state index in [4.69, 9.17) is 0 Å². The van der Waals surface area contributed by atoms with Crippen LogP contribution in [0.1, 0.15) is 65.5 Å². The third kappa shape index (κ3) is 8.82. The molecule has 0 bridgehead atoms. The summed E-state index contributed by atoms with van der Waals surface area (Å²) in [5, 5.41) is 21.5. The first-order valence-electron chi connectivity index (χ1n) is 22.3. The van der Waals surface area contributed by atoms with Crippen molar-refractivity contribution in [2.75, 3.05) is 59.7 Å². The second kappa shape index (κ2) is 17.8. The van der Waals surface area contributed by atoms with Gasteiger partial charge in [0.05, 0.1) is 42.8 Å². The summed E-state index contributed by atoms with van der Waals surface area (Å²) in [6.07, 6.45) is 2.92. The Kier molecular flexibility index (Phi) is 11.7. The van der Waals surface area contributed by atoms with Gasteiger partial charge in [-0.2, -0.15) is 0 Å². The predicted octanol–water partition coefficient (Wildman–Crippen LogP) is 4.80. The van der Waals surface area contributed by atoms with Crippen molar-refractivity contribution in [3.8, 4) is 11.1 Å². The second-order valence-corrected chi connectivity index (χ2v) is 18.7. The Labute approximate surface area is 386 Å². The van der Waals surface area contributed by atoms with E-state index < -0.39 is 53.2 Å². The lowest BCUT2D eigenvalue weighted by atomic mass is 9.87. The summed E-state index contributed by atoms with van der Waals surface area (Å²) < 4.78 is 47.3. The number of carbonyl (C=O) groups excluding carboxylic acids is 5. The van der Waals surface area contributed by atoms with E-state index in [1.54, 1.807) is 33.0 Å². The first kappa shape index (κ1) is 44.1. The summed E-state index contributed by atoms with van der Waals surface area (Å²) >= 11 is 1.20. The SMILES string of the molecule is O=C1CCC(Nc2ccc(N3CCC(O)(CC(=O)N4CCN(c5ccc(-c6cc(F)c7c(c6)C(=O)N(C(C(=O)Nc6nccs6)c6ncn8c6C[C@@H](F)C8)C7)cc5)CC4)CC3)c(F)c2)C(=O)N1. The van der Waals surface area contributed by atoms with Crippen molar-refractivity contribution in [2.45, 2.75) is 75.5 Å². The summed E-state index contributed by atoms with van der Waals surface area (Å²) in [5.41, 5.74) is 2.64. The lowest BCUT2D eigenvalue weighted by Crippen LogP contribution is -2.52. The Balaban J connectivity index is 0.738. The van der Waals surface area contributed by atoms with Gasteiger partial charge in [-0.25, -0.2) is 23.1 Å². The molecular formula is C47H47F3N10O6S. The van der Waals surface area contributed by atoms with Gasteiger partial charge in [0.2, 0.25) is 17.7 Å². The minimum atomic E-state index is -1.26. The van der Waals surface area contributed by atoms with E-state index in [2.05, 4.69) is 30.8 Å². The number of nitrogens with zero attached hydrogens (tertiary/aromatic N) is 7. The van der Waals surface area contributed by atoms with Gasteiger partial charge in [0.25, 0.3) is 11.8 Å². The Bertz CT molecular complexity index is 2760. The van der Waals surface area contributed by atoms with E-state index in [-0.39, 0.29) is 73.8 Å². The molecule has 5 amide bonds. The number of hydrogen-bond acceptors (Lipinski definition) is 12. The third-order valence-electron chi connectivity index (χ3n) is 13.5. The molecule has 3 saturated heterocycles. The van der Waals surface area contributed by atoms with E-state index in [9.17, 15) is 33.5 Å². The highest BCUT2D eigenvalue weighted by atomic mass is 32.1. The van der Waals surface area contributed by atoms with Crippen molar-refractivity contribution >= 4 is 63.1 Å². The van der Waals surface area contributed by atoms with E-state index in [0.717, 1.165) is 5.69 Å². The molecule has 7 heterocycles. The zero-order valence-corrected chi connectivity index (χ0v) is 37.0. The molecule has 0 radical (unpaired) electrons. The molecule has 4 N–H and O–H groups in total. The first-order valence-corrected chi connectivity index (χ1v) is 23.2. The van der Waals surface area contributed by atoms with Crippen molar-refractivity contribution in [3.05, 3.63) is 107 Å². The molecule has 20 heteroatoms. The minimum absolute atomic E-state index is 0.0406. The summed E-state index contributed by atoms with van der Waals surface area (Å²) in [7, 11) is 0. The lowest BCUT2D eigenvalue weighted by molar-refractivity contribution is -0.138. The molecule has 5 aromatic rings. The van der Waals surface area contributed by atoms with Gasteiger partial charge in [0.15, 0.2) is 11.2 Å². The highest BCUT2D eigenvalue weighted by Crippen LogP contribution is 2.39. The Morgan fingerprint density at radius 3 is 2.42 bits per heavy atom. The van der Waals surface area contributed by atoms with Gasteiger partial charge < -0.3 is 34.6 Å². The topological polar surface area (TPSA) is 185 Å². The summed E-state index contributed by atoms with van der Waals surface area (Å²) in [6.45, 7) is 2.60. The molecule has 3 aromatic carbocycles. The number of nitrogens with one attached hydrogen (secondary N) is 3. The van der Waals surface area contributed by atoms with Gasteiger partial charge in [0.1, 0.15) is 23.8 Å².